The summed E-state index contributed by atoms with van der Waals surface area (Å²) in [5.74, 6) is 2.14. The summed E-state index contributed by atoms with van der Waals surface area (Å²) in [6.45, 7) is 2.59. The molecule has 0 aromatic heterocycles. The smallest absolute Gasteiger partial charge is 0.00179 e. The minimum Gasteiger partial charge on any atom is -0.344 e. The van der Waals surface area contributed by atoms with Crippen molar-refractivity contribution in [3.63, 3.8) is 0 Å². The third-order valence-electron chi connectivity index (χ3n) is 3.16. The molecule has 0 aromatic carbocycles. The number of hydrogen-bond donors (Lipinski definition) is 2. The molecule has 0 spiro atoms. The molecule has 0 aromatic rings. The Morgan fingerprint density at radius 3 is 2.36 bits per heavy atom. The molecule has 2 unspecified atom stereocenters. The highest BCUT2D eigenvalue weighted by atomic mass is 14.9. The highest BCUT2D eigenvalue weighted by Crippen LogP contribution is 2.33. The van der Waals surface area contributed by atoms with Gasteiger partial charge in [0, 0.05) is 0 Å². The Labute approximate surface area is 69.3 Å². The van der Waals surface area contributed by atoms with E-state index in [9.17, 15) is 0 Å². The van der Waals surface area contributed by atoms with Gasteiger partial charge in [-0.05, 0) is 37.8 Å². The van der Waals surface area contributed by atoms with E-state index in [-0.39, 0.29) is 6.15 Å². The summed E-state index contributed by atoms with van der Waals surface area (Å²) in [7, 11) is 0. The number of rotatable bonds is 0. The fraction of sp³-hybridized carbons (Fsp3) is 1.00. The Bertz CT molecular complexity index is 88.1. The predicted octanol–water partition coefficient (Wildman–Crippen LogP) is 1.95. The van der Waals surface area contributed by atoms with Crippen LogP contribution in [0.5, 0.6) is 0 Å². The molecule has 1 saturated carbocycles. The van der Waals surface area contributed by atoms with Crippen LogP contribution in [-0.4, -0.2) is 13.1 Å². The molecule has 0 radical (unpaired) electrons. The van der Waals surface area contributed by atoms with Gasteiger partial charge in [-0.15, -0.1) is 0 Å². The third kappa shape index (κ3) is 1.94. The maximum absolute atomic E-state index is 3.48. The summed E-state index contributed by atoms with van der Waals surface area (Å²) in [5.41, 5.74) is 0. The Kier molecular flexibility index (Phi) is 3.34. The molecule has 2 aliphatic rings. The molecule has 0 bridgehead atoms. The third-order valence-corrected chi connectivity index (χ3v) is 3.16. The van der Waals surface area contributed by atoms with Gasteiger partial charge in [-0.25, -0.2) is 0 Å². The minimum atomic E-state index is 0. The average Bonchev–Trinajstić information content (AvgIpc) is 2.05. The number of hydrogen-bond acceptors (Lipinski definition) is 2. The van der Waals surface area contributed by atoms with Gasteiger partial charge in [-0.3, -0.25) is 0 Å². The molecule has 4 N–H and O–H groups in total. The molecule has 11 heavy (non-hydrogen) atoms. The van der Waals surface area contributed by atoms with Crippen molar-refractivity contribution in [1.29, 1.82) is 0 Å². The van der Waals surface area contributed by atoms with Crippen molar-refractivity contribution in [1.82, 2.24) is 11.5 Å². The lowest BCUT2D eigenvalue weighted by atomic mass is 9.76. The van der Waals surface area contributed by atoms with Crippen LogP contribution in [0.25, 0.3) is 0 Å². The van der Waals surface area contributed by atoms with E-state index in [4.69, 9.17) is 0 Å². The number of piperidine rings is 1. The van der Waals surface area contributed by atoms with Gasteiger partial charge < -0.3 is 11.5 Å². The molecule has 2 fully saturated rings. The fourth-order valence-corrected chi connectivity index (χ4v) is 2.51. The van der Waals surface area contributed by atoms with E-state index >= 15 is 0 Å². The van der Waals surface area contributed by atoms with E-state index in [1.54, 1.807) is 0 Å². The number of nitrogens with one attached hydrogen (secondary N) is 1. The standard InChI is InChI=1S/C9H17N.H3N/c1-2-4-9-7-10-6-5-8(9)3-1;/h8-10H,1-7H2;1H3. The van der Waals surface area contributed by atoms with Crippen LogP contribution in [0.2, 0.25) is 0 Å². The molecule has 0 amide bonds. The Morgan fingerprint density at radius 2 is 1.64 bits per heavy atom. The topological polar surface area (TPSA) is 47.0 Å². The quantitative estimate of drug-likeness (QED) is 0.563. The van der Waals surface area contributed by atoms with Crippen LogP contribution in [0.3, 0.4) is 0 Å². The zero-order chi connectivity index (χ0) is 6.81. The zero-order valence-corrected chi connectivity index (χ0v) is 7.31. The van der Waals surface area contributed by atoms with Gasteiger partial charge in [0.05, 0.1) is 0 Å². The van der Waals surface area contributed by atoms with Crippen molar-refractivity contribution in [2.45, 2.75) is 32.1 Å². The van der Waals surface area contributed by atoms with Crippen LogP contribution in [-0.2, 0) is 0 Å². The second-order valence-corrected chi connectivity index (χ2v) is 3.80. The molecule has 1 saturated heterocycles. The Balaban J connectivity index is 0.000000605. The molecular weight excluding hydrogens is 136 g/mol. The first-order valence-corrected chi connectivity index (χ1v) is 4.67. The molecule has 2 nitrogen and oxygen atoms in total. The monoisotopic (exact) mass is 156 g/mol. The summed E-state index contributed by atoms with van der Waals surface area (Å²) in [5, 5.41) is 3.48. The molecule has 2 heteroatoms. The Hall–Kier alpha value is -0.0800. The maximum Gasteiger partial charge on any atom is -0.00179 e. The lowest BCUT2D eigenvalue weighted by molar-refractivity contribution is 0.185. The fourth-order valence-electron chi connectivity index (χ4n) is 2.51. The van der Waals surface area contributed by atoms with Crippen LogP contribution in [0.15, 0.2) is 0 Å². The highest BCUT2D eigenvalue weighted by molar-refractivity contribution is 4.81. The molecule has 1 aliphatic heterocycles. The summed E-state index contributed by atoms with van der Waals surface area (Å²) < 4.78 is 0. The van der Waals surface area contributed by atoms with Crippen molar-refractivity contribution in [2.24, 2.45) is 11.8 Å². The molecule has 66 valence electrons. The van der Waals surface area contributed by atoms with Gasteiger partial charge in [0.1, 0.15) is 0 Å². The highest BCUT2D eigenvalue weighted by Gasteiger charge is 2.26. The van der Waals surface area contributed by atoms with Crippen LogP contribution < -0.4 is 11.5 Å². The largest absolute Gasteiger partial charge is 0.344 e. The van der Waals surface area contributed by atoms with E-state index in [0.29, 0.717) is 0 Å². The van der Waals surface area contributed by atoms with Crippen LogP contribution in [0.1, 0.15) is 32.1 Å². The second kappa shape index (κ2) is 4.07. The second-order valence-electron chi connectivity index (χ2n) is 3.80. The number of fused-ring (bicyclic) bond motifs is 1. The summed E-state index contributed by atoms with van der Waals surface area (Å²) in [4.78, 5) is 0. The van der Waals surface area contributed by atoms with E-state index in [2.05, 4.69) is 5.32 Å². The Morgan fingerprint density at radius 1 is 0.909 bits per heavy atom. The minimum absolute atomic E-state index is 0. The average molecular weight is 156 g/mol. The van der Waals surface area contributed by atoms with Crippen molar-refractivity contribution in [3.05, 3.63) is 0 Å². The van der Waals surface area contributed by atoms with Gasteiger partial charge in [0.15, 0.2) is 0 Å². The van der Waals surface area contributed by atoms with Gasteiger partial charge >= 0.3 is 0 Å². The van der Waals surface area contributed by atoms with Crippen LogP contribution >= 0.6 is 0 Å². The van der Waals surface area contributed by atoms with Crippen molar-refractivity contribution in [3.8, 4) is 0 Å². The van der Waals surface area contributed by atoms with Crippen molar-refractivity contribution >= 4 is 0 Å². The molecular formula is C9H20N2. The summed E-state index contributed by atoms with van der Waals surface area (Å²) in [6, 6.07) is 0. The van der Waals surface area contributed by atoms with E-state index < -0.39 is 0 Å². The van der Waals surface area contributed by atoms with Gasteiger partial charge in [-0.2, -0.15) is 0 Å². The van der Waals surface area contributed by atoms with E-state index in [1.807, 2.05) is 0 Å². The maximum atomic E-state index is 3.48. The first-order chi connectivity index (χ1) is 4.97. The van der Waals surface area contributed by atoms with E-state index in [0.717, 1.165) is 11.8 Å². The first kappa shape index (κ1) is 9.01. The molecule has 1 heterocycles. The summed E-state index contributed by atoms with van der Waals surface area (Å²) in [6.07, 6.45) is 7.46. The van der Waals surface area contributed by atoms with E-state index in [1.165, 1.54) is 45.2 Å². The van der Waals surface area contributed by atoms with Crippen molar-refractivity contribution in [2.75, 3.05) is 13.1 Å². The van der Waals surface area contributed by atoms with Crippen LogP contribution in [0, 0.1) is 11.8 Å². The molecule has 2 rings (SSSR count). The van der Waals surface area contributed by atoms with Crippen molar-refractivity contribution < 1.29 is 0 Å². The molecule has 2 atom stereocenters. The zero-order valence-electron chi connectivity index (χ0n) is 7.31. The lowest BCUT2D eigenvalue weighted by Gasteiger charge is -2.35. The lowest BCUT2D eigenvalue weighted by Crippen LogP contribution is -2.38. The molecule has 1 aliphatic carbocycles. The summed E-state index contributed by atoms with van der Waals surface area (Å²) >= 11 is 0. The normalized spacial score (nSPS) is 37.1. The van der Waals surface area contributed by atoms with Gasteiger partial charge in [-0.1, -0.05) is 19.3 Å². The van der Waals surface area contributed by atoms with Crippen LogP contribution in [0.4, 0.5) is 0 Å². The SMILES string of the molecule is C1CCC2CNCCC2C1.N. The first-order valence-electron chi connectivity index (χ1n) is 4.67. The predicted molar refractivity (Wildman–Crippen MR) is 48.0 cm³/mol. The van der Waals surface area contributed by atoms with Gasteiger partial charge in [0.25, 0.3) is 0 Å². The van der Waals surface area contributed by atoms with Gasteiger partial charge in [0.2, 0.25) is 0 Å².